The van der Waals surface area contributed by atoms with Crippen molar-refractivity contribution in [2.24, 2.45) is 0 Å². The van der Waals surface area contributed by atoms with Gasteiger partial charge in [0.05, 0.1) is 18.0 Å². The van der Waals surface area contributed by atoms with Crippen LogP contribution in [0, 0.1) is 0 Å². The maximum Gasteiger partial charge on any atom is 0.253 e. The zero-order valence-electron chi connectivity index (χ0n) is 24.3. The van der Waals surface area contributed by atoms with Crippen LogP contribution in [-0.4, -0.2) is 58.4 Å². The van der Waals surface area contributed by atoms with Gasteiger partial charge in [-0.3, -0.25) is 9.59 Å². The minimum atomic E-state index is -1.42. The monoisotopic (exact) mass is 572 g/mol. The lowest BCUT2D eigenvalue weighted by Crippen LogP contribution is -2.50. The third-order valence-corrected chi connectivity index (χ3v) is 8.45. The van der Waals surface area contributed by atoms with Crippen molar-refractivity contribution in [1.82, 2.24) is 14.6 Å². The minimum Gasteiger partial charge on any atom is -0.378 e. The number of pyridine rings is 1. The molecule has 2 N–H and O–H groups in total. The van der Waals surface area contributed by atoms with E-state index in [0.717, 1.165) is 16.9 Å². The summed E-state index contributed by atoms with van der Waals surface area (Å²) in [6.45, 7) is 4.54. The molecular formula is C36H36N4O3. The first-order chi connectivity index (χ1) is 20.9. The van der Waals surface area contributed by atoms with Crippen molar-refractivity contribution in [2.75, 3.05) is 31.1 Å². The van der Waals surface area contributed by atoms with Crippen LogP contribution in [0.4, 0.5) is 5.82 Å². The second-order valence-corrected chi connectivity index (χ2v) is 11.1. The van der Waals surface area contributed by atoms with Crippen LogP contribution in [0.1, 0.15) is 34.0 Å². The molecule has 1 atom stereocenters. The molecule has 3 aromatic carbocycles. The molecule has 0 radical (unpaired) electrons. The minimum absolute atomic E-state index is 0.143. The van der Waals surface area contributed by atoms with Crippen molar-refractivity contribution < 1.29 is 14.7 Å². The van der Waals surface area contributed by atoms with Gasteiger partial charge < -0.3 is 24.6 Å². The summed E-state index contributed by atoms with van der Waals surface area (Å²) in [5, 5.41) is 15.1. The number of carbonyl (C=O) groups excluding carboxylic acids is 2. The van der Waals surface area contributed by atoms with E-state index in [-0.39, 0.29) is 11.8 Å². The van der Waals surface area contributed by atoms with Crippen molar-refractivity contribution in [3.8, 4) is 0 Å². The first-order valence-corrected chi connectivity index (χ1v) is 14.8. The zero-order valence-corrected chi connectivity index (χ0v) is 24.3. The molecular weight excluding hydrogens is 536 g/mol. The Balaban J connectivity index is 1.17. The molecule has 1 fully saturated rings. The van der Waals surface area contributed by atoms with E-state index in [9.17, 15) is 14.7 Å². The van der Waals surface area contributed by atoms with E-state index >= 15 is 0 Å². The average molecular weight is 573 g/mol. The molecule has 1 aliphatic heterocycles. The highest BCUT2D eigenvalue weighted by Gasteiger charge is 2.38. The van der Waals surface area contributed by atoms with Gasteiger partial charge in [0, 0.05) is 37.9 Å². The summed E-state index contributed by atoms with van der Waals surface area (Å²) in [5.41, 5.74) is 2.50. The van der Waals surface area contributed by atoms with Crippen LogP contribution in [0.5, 0.6) is 0 Å². The molecule has 3 heterocycles. The van der Waals surface area contributed by atoms with Crippen molar-refractivity contribution in [3.63, 3.8) is 0 Å². The summed E-state index contributed by atoms with van der Waals surface area (Å²) in [6.07, 6.45) is 2.26. The highest BCUT2D eigenvalue weighted by atomic mass is 16.3. The first kappa shape index (κ1) is 28.2. The first-order valence-electron chi connectivity index (χ1n) is 14.8. The topological polar surface area (TPSA) is 77.3 Å². The maximum atomic E-state index is 13.6. The van der Waals surface area contributed by atoms with Crippen molar-refractivity contribution in [2.45, 2.75) is 25.0 Å². The lowest BCUT2D eigenvalue weighted by molar-refractivity contribution is -0.130. The van der Waals surface area contributed by atoms with E-state index in [2.05, 4.69) is 16.3 Å². The van der Waals surface area contributed by atoms with E-state index in [1.165, 1.54) is 0 Å². The number of benzene rings is 3. The van der Waals surface area contributed by atoms with Crippen LogP contribution in [0.2, 0.25) is 0 Å². The number of piperazine rings is 1. The number of nitrogens with one attached hydrogen (secondary N) is 1. The van der Waals surface area contributed by atoms with Gasteiger partial charge in [0.15, 0.2) is 0 Å². The molecule has 6 rings (SSSR count). The van der Waals surface area contributed by atoms with Crippen LogP contribution >= 0.6 is 0 Å². The molecule has 5 aromatic rings. The molecule has 0 bridgehead atoms. The summed E-state index contributed by atoms with van der Waals surface area (Å²) < 4.78 is 2.03. The highest BCUT2D eigenvalue weighted by molar-refractivity contribution is 5.94. The van der Waals surface area contributed by atoms with Gasteiger partial charge in [-0.2, -0.15) is 0 Å². The molecule has 0 unspecified atom stereocenters. The molecule has 0 aliphatic carbocycles. The third-order valence-electron chi connectivity index (χ3n) is 8.45. The summed E-state index contributed by atoms with van der Waals surface area (Å²) in [4.78, 5) is 30.7. The molecule has 2 aromatic heterocycles. The summed E-state index contributed by atoms with van der Waals surface area (Å²) in [5.74, 6) is 0.860. The second kappa shape index (κ2) is 12.2. The van der Waals surface area contributed by atoms with Gasteiger partial charge in [0.2, 0.25) is 5.91 Å². The van der Waals surface area contributed by atoms with E-state index in [0.29, 0.717) is 49.3 Å². The maximum absolute atomic E-state index is 13.6. The quantitative estimate of drug-likeness (QED) is 0.278. The van der Waals surface area contributed by atoms with Crippen LogP contribution in [0.15, 0.2) is 121 Å². The van der Waals surface area contributed by atoms with Crippen molar-refractivity contribution in [3.05, 3.63) is 144 Å². The lowest BCUT2D eigenvalue weighted by Gasteiger charge is -2.36. The highest BCUT2D eigenvalue weighted by Crippen LogP contribution is 2.33. The Labute approximate surface area is 252 Å². The largest absolute Gasteiger partial charge is 0.378 e. The fraction of sp³-hybridized carbons (Fsp3) is 0.222. The number of anilines is 1. The zero-order chi connectivity index (χ0) is 29.8. The molecule has 1 aliphatic rings. The van der Waals surface area contributed by atoms with Crippen LogP contribution in [-0.2, 0) is 16.8 Å². The molecule has 7 heteroatoms. The van der Waals surface area contributed by atoms with Crippen LogP contribution < -0.4 is 10.2 Å². The summed E-state index contributed by atoms with van der Waals surface area (Å²) >= 11 is 0. The van der Waals surface area contributed by atoms with Gasteiger partial charge in [0.1, 0.15) is 11.4 Å². The Bertz CT molecular complexity index is 1650. The summed E-state index contributed by atoms with van der Waals surface area (Å²) in [7, 11) is 0. The predicted octanol–water partition coefficient (Wildman–Crippen LogP) is 4.89. The van der Waals surface area contributed by atoms with E-state index in [4.69, 9.17) is 0 Å². The van der Waals surface area contributed by atoms with Crippen LogP contribution in [0.25, 0.3) is 5.52 Å². The van der Waals surface area contributed by atoms with Gasteiger partial charge in [-0.15, -0.1) is 0 Å². The lowest BCUT2D eigenvalue weighted by atomic mass is 9.80. The number of hydrogen-bond acceptors (Lipinski definition) is 4. The normalized spacial score (nSPS) is 14.5. The third kappa shape index (κ3) is 5.76. The second-order valence-electron chi connectivity index (χ2n) is 11.1. The average Bonchev–Trinajstić information content (AvgIpc) is 3.49. The van der Waals surface area contributed by atoms with Crippen LogP contribution in [0.3, 0.4) is 0 Å². The number of aliphatic hydroxyl groups is 1. The number of hydrogen-bond donors (Lipinski definition) is 2. The SMILES string of the molecule is C[C@H](NC(=O)c1ccc2ccc(N3CCN(C(=O)Cc4ccccc4)CC3)n2c1)C(O)(c1ccccc1)c1ccccc1. The van der Waals surface area contributed by atoms with E-state index < -0.39 is 11.6 Å². The predicted molar refractivity (Wildman–Crippen MR) is 169 cm³/mol. The fourth-order valence-electron chi connectivity index (χ4n) is 5.98. The van der Waals surface area contributed by atoms with Gasteiger partial charge in [-0.1, -0.05) is 91.0 Å². The molecule has 1 saturated heterocycles. The molecule has 43 heavy (non-hydrogen) atoms. The Morgan fingerprint density at radius 3 is 1.93 bits per heavy atom. The number of rotatable bonds is 8. The van der Waals surface area contributed by atoms with Gasteiger partial charge in [0.25, 0.3) is 5.91 Å². The molecule has 7 nitrogen and oxygen atoms in total. The molecule has 0 spiro atoms. The molecule has 218 valence electrons. The molecule has 2 amide bonds. The number of aromatic nitrogens is 1. The van der Waals surface area contributed by atoms with Gasteiger partial charge >= 0.3 is 0 Å². The Hall–Kier alpha value is -4.88. The van der Waals surface area contributed by atoms with Crippen molar-refractivity contribution >= 4 is 23.1 Å². The number of fused-ring (bicyclic) bond motifs is 1. The van der Waals surface area contributed by atoms with Crippen molar-refractivity contribution in [1.29, 1.82) is 0 Å². The fourth-order valence-corrected chi connectivity index (χ4v) is 5.98. The Morgan fingerprint density at radius 1 is 0.767 bits per heavy atom. The summed E-state index contributed by atoms with van der Waals surface area (Å²) in [6, 6.07) is 35.9. The van der Waals surface area contributed by atoms with Gasteiger partial charge in [-0.25, -0.2) is 0 Å². The standard InChI is InChI=1S/C36H36N4O3/c1-27(36(43,30-13-7-3-8-14-30)31-15-9-4-10-16-31)37-35(42)29-17-18-32-19-20-33(40(32)26-29)38-21-23-39(24-22-38)34(41)25-28-11-5-2-6-12-28/h2-20,26-27,43H,21-25H2,1H3,(H,37,42)/t27-/m0/s1. The van der Waals surface area contributed by atoms with E-state index in [1.807, 2.05) is 132 Å². The number of nitrogens with zero attached hydrogens (tertiary/aromatic N) is 3. The number of amides is 2. The Morgan fingerprint density at radius 2 is 1.33 bits per heavy atom. The molecule has 0 saturated carbocycles. The Kier molecular flexibility index (Phi) is 7.99. The van der Waals surface area contributed by atoms with E-state index in [1.54, 1.807) is 0 Å². The number of carbonyl (C=O) groups is 2. The van der Waals surface area contributed by atoms with Gasteiger partial charge in [-0.05, 0) is 47.9 Å². The smallest absolute Gasteiger partial charge is 0.253 e.